The van der Waals surface area contributed by atoms with Crippen LogP contribution in [0.2, 0.25) is 0 Å². The predicted octanol–water partition coefficient (Wildman–Crippen LogP) is 0.701. The van der Waals surface area contributed by atoms with E-state index in [1.807, 2.05) is 0 Å². The highest BCUT2D eigenvalue weighted by Gasteiger charge is 2.30. The molecular formula is C11H15N3O3. The summed E-state index contributed by atoms with van der Waals surface area (Å²) in [6.45, 7) is 1.78. The summed E-state index contributed by atoms with van der Waals surface area (Å²) in [6.07, 6.45) is 2.62. The Morgan fingerprint density at radius 3 is 2.82 bits per heavy atom. The molecule has 92 valence electrons. The fraction of sp³-hybridized carbons (Fsp3) is 0.545. The van der Waals surface area contributed by atoms with Crippen LogP contribution in [0.25, 0.3) is 0 Å². The zero-order valence-electron chi connectivity index (χ0n) is 9.56. The van der Waals surface area contributed by atoms with E-state index in [0.29, 0.717) is 12.3 Å². The molecule has 0 bridgehead atoms. The van der Waals surface area contributed by atoms with Crippen molar-refractivity contribution in [2.24, 2.45) is 5.92 Å². The van der Waals surface area contributed by atoms with E-state index in [1.54, 1.807) is 13.0 Å². The number of nitrogens with one attached hydrogen (secondary N) is 2. The summed E-state index contributed by atoms with van der Waals surface area (Å²) >= 11 is 0. The van der Waals surface area contributed by atoms with Gasteiger partial charge in [0.25, 0.3) is 5.91 Å². The minimum Gasteiger partial charge on any atom is -0.480 e. The molecule has 0 aromatic carbocycles. The summed E-state index contributed by atoms with van der Waals surface area (Å²) in [7, 11) is 0. The van der Waals surface area contributed by atoms with Crippen LogP contribution in [0.3, 0.4) is 0 Å². The number of amides is 1. The van der Waals surface area contributed by atoms with Gasteiger partial charge in [0.2, 0.25) is 0 Å². The van der Waals surface area contributed by atoms with Gasteiger partial charge in [-0.3, -0.25) is 9.89 Å². The molecule has 1 aromatic heterocycles. The number of nitrogens with zero attached hydrogens (tertiary/aromatic N) is 1. The minimum absolute atomic E-state index is 0.226. The van der Waals surface area contributed by atoms with E-state index in [-0.39, 0.29) is 5.69 Å². The van der Waals surface area contributed by atoms with Crippen LogP contribution in [0, 0.1) is 12.8 Å². The molecule has 6 nitrogen and oxygen atoms in total. The fourth-order valence-electron chi connectivity index (χ4n) is 1.67. The summed E-state index contributed by atoms with van der Waals surface area (Å²) in [5, 5.41) is 17.9. The SMILES string of the molecule is Cc1cc(C(=O)NC(CC2CC2)C(=O)O)n[nH]1. The molecule has 0 spiro atoms. The first kappa shape index (κ1) is 11.6. The van der Waals surface area contributed by atoms with Crippen molar-refractivity contribution >= 4 is 11.9 Å². The number of aromatic nitrogens is 2. The fourth-order valence-corrected chi connectivity index (χ4v) is 1.67. The van der Waals surface area contributed by atoms with Gasteiger partial charge in [0.05, 0.1) is 0 Å². The Hall–Kier alpha value is -1.85. The highest BCUT2D eigenvalue weighted by atomic mass is 16.4. The van der Waals surface area contributed by atoms with Crippen molar-refractivity contribution in [2.45, 2.75) is 32.2 Å². The molecule has 3 N–H and O–H groups in total. The lowest BCUT2D eigenvalue weighted by molar-refractivity contribution is -0.139. The summed E-state index contributed by atoms with van der Waals surface area (Å²) in [4.78, 5) is 22.7. The Kier molecular flexibility index (Phi) is 3.12. The zero-order chi connectivity index (χ0) is 12.4. The van der Waals surface area contributed by atoms with Crippen molar-refractivity contribution in [3.8, 4) is 0 Å². The Morgan fingerprint density at radius 2 is 2.35 bits per heavy atom. The number of hydrogen-bond donors (Lipinski definition) is 3. The van der Waals surface area contributed by atoms with Gasteiger partial charge in [-0.1, -0.05) is 12.8 Å². The zero-order valence-corrected chi connectivity index (χ0v) is 9.56. The maximum absolute atomic E-state index is 11.7. The van der Waals surface area contributed by atoms with Crippen LogP contribution >= 0.6 is 0 Å². The largest absolute Gasteiger partial charge is 0.480 e. The normalized spacial score (nSPS) is 16.5. The van der Waals surface area contributed by atoms with Crippen LogP contribution in [0.4, 0.5) is 0 Å². The monoisotopic (exact) mass is 237 g/mol. The van der Waals surface area contributed by atoms with Crippen molar-refractivity contribution in [1.82, 2.24) is 15.5 Å². The lowest BCUT2D eigenvalue weighted by Crippen LogP contribution is -2.41. The first-order chi connectivity index (χ1) is 8.06. The molecule has 1 amide bonds. The molecule has 0 radical (unpaired) electrons. The first-order valence-corrected chi connectivity index (χ1v) is 5.62. The quantitative estimate of drug-likeness (QED) is 0.702. The highest BCUT2D eigenvalue weighted by molar-refractivity contribution is 5.95. The van der Waals surface area contributed by atoms with E-state index in [9.17, 15) is 9.59 Å². The van der Waals surface area contributed by atoms with Gasteiger partial charge in [0.1, 0.15) is 11.7 Å². The Bertz CT molecular complexity index is 437. The van der Waals surface area contributed by atoms with E-state index in [1.165, 1.54) is 0 Å². The first-order valence-electron chi connectivity index (χ1n) is 5.62. The molecule has 1 atom stereocenters. The van der Waals surface area contributed by atoms with Crippen LogP contribution in [-0.4, -0.2) is 33.2 Å². The number of H-pyrrole nitrogens is 1. The number of aliphatic carboxylic acids is 1. The van der Waals surface area contributed by atoms with E-state index >= 15 is 0 Å². The second-order valence-electron chi connectivity index (χ2n) is 4.48. The summed E-state index contributed by atoms with van der Waals surface area (Å²) in [6, 6.07) is 0.776. The molecule has 1 saturated carbocycles. The number of carboxylic acids is 1. The number of rotatable bonds is 5. The van der Waals surface area contributed by atoms with Crippen molar-refractivity contribution in [3.63, 3.8) is 0 Å². The van der Waals surface area contributed by atoms with Crippen LogP contribution in [0.1, 0.15) is 35.4 Å². The Morgan fingerprint density at radius 1 is 1.65 bits per heavy atom. The number of carboxylic acid groups (broad SMARTS) is 1. The smallest absolute Gasteiger partial charge is 0.326 e. The molecule has 1 aromatic rings. The second kappa shape index (κ2) is 4.57. The average Bonchev–Trinajstić information content (AvgIpc) is 2.97. The van der Waals surface area contributed by atoms with Crippen LogP contribution < -0.4 is 5.32 Å². The molecule has 6 heteroatoms. The Labute approximate surface area is 98.4 Å². The van der Waals surface area contributed by atoms with Gasteiger partial charge in [0.15, 0.2) is 0 Å². The third-order valence-electron chi connectivity index (χ3n) is 2.81. The summed E-state index contributed by atoms with van der Waals surface area (Å²) < 4.78 is 0. The Balaban J connectivity index is 1.96. The van der Waals surface area contributed by atoms with Gasteiger partial charge in [0, 0.05) is 5.69 Å². The number of aryl methyl sites for hydroxylation is 1. The minimum atomic E-state index is -0.988. The maximum Gasteiger partial charge on any atom is 0.326 e. The van der Waals surface area contributed by atoms with Gasteiger partial charge < -0.3 is 10.4 Å². The molecule has 1 heterocycles. The topological polar surface area (TPSA) is 95.1 Å². The molecule has 1 aliphatic rings. The number of hydrogen-bond acceptors (Lipinski definition) is 3. The van der Waals surface area contributed by atoms with Gasteiger partial charge in [-0.05, 0) is 25.3 Å². The lowest BCUT2D eigenvalue weighted by atomic mass is 10.1. The van der Waals surface area contributed by atoms with Gasteiger partial charge in [-0.15, -0.1) is 0 Å². The number of aromatic amines is 1. The van der Waals surface area contributed by atoms with Crippen molar-refractivity contribution in [2.75, 3.05) is 0 Å². The van der Waals surface area contributed by atoms with E-state index in [0.717, 1.165) is 18.5 Å². The lowest BCUT2D eigenvalue weighted by Gasteiger charge is -2.12. The molecule has 0 aliphatic heterocycles. The molecule has 17 heavy (non-hydrogen) atoms. The standard InChI is InChI=1S/C11H15N3O3/c1-6-4-8(14-13-6)10(15)12-9(11(16)17)5-7-2-3-7/h4,7,9H,2-3,5H2,1H3,(H,12,15)(H,13,14)(H,16,17). The third kappa shape index (κ3) is 3.05. The molecule has 2 rings (SSSR count). The van der Waals surface area contributed by atoms with Crippen molar-refractivity contribution in [1.29, 1.82) is 0 Å². The average molecular weight is 237 g/mol. The second-order valence-corrected chi connectivity index (χ2v) is 4.48. The summed E-state index contributed by atoms with van der Waals surface area (Å²) in [5.41, 5.74) is 0.994. The predicted molar refractivity (Wildman–Crippen MR) is 59.6 cm³/mol. The molecule has 1 fully saturated rings. The third-order valence-corrected chi connectivity index (χ3v) is 2.81. The van der Waals surface area contributed by atoms with Crippen molar-refractivity contribution in [3.05, 3.63) is 17.5 Å². The van der Waals surface area contributed by atoms with Crippen LogP contribution in [0.5, 0.6) is 0 Å². The number of carbonyl (C=O) groups is 2. The highest BCUT2D eigenvalue weighted by Crippen LogP contribution is 2.33. The molecule has 1 aliphatic carbocycles. The van der Waals surface area contributed by atoms with E-state index in [4.69, 9.17) is 5.11 Å². The van der Waals surface area contributed by atoms with Gasteiger partial charge in [-0.25, -0.2) is 4.79 Å². The maximum atomic E-state index is 11.7. The van der Waals surface area contributed by atoms with Gasteiger partial charge in [-0.2, -0.15) is 5.10 Å². The van der Waals surface area contributed by atoms with Crippen LogP contribution in [-0.2, 0) is 4.79 Å². The molecular weight excluding hydrogens is 222 g/mol. The summed E-state index contributed by atoms with van der Waals surface area (Å²) in [5.74, 6) is -0.989. The van der Waals surface area contributed by atoms with Crippen molar-refractivity contribution < 1.29 is 14.7 Å². The van der Waals surface area contributed by atoms with E-state index < -0.39 is 17.9 Å². The van der Waals surface area contributed by atoms with Crippen LogP contribution in [0.15, 0.2) is 6.07 Å². The number of carbonyl (C=O) groups excluding carboxylic acids is 1. The van der Waals surface area contributed by atoms with Gasteiger partial charge >= 0.3 is 5.97 Å². The molecule has 0 saturated heterocycles. The van der Waals surface area contributed by atoms with E-state index in [2.05, 4.69) is 15.5 Å². The molecule has 1 unspecified atom stereocenters.